The number of rotatable bonds is 4. The van der Waals surface area contributed by atoms with E-state index in [-0.39, 0.29) is 6.04 Å². The average Bonchev–Trinajstić information content (AvgIpc) is 2.45. The number of aryl methyl sites for hydroxylation is 1. The van der Waals surface area contributed by atoms with Crippen molar-refractivity contribution >= 4 is 22.0 Å². The Morgan fingerprint density at radius 2 is 2.17 bits per heavy atom. The van der Waals surface area contributed by atoms with Crippen molar-refractivity contribution in [1.29, 1.82) is 0 Å². The van der Waals surface area contributed by atoms with Gasteiger partial charge in [0, 0.05) is 10.2 Å². The second kappa shape index (κ2) is 7.47. The predicted molar refractivity (Wildman–Crippen MR) is 95.5 cm³/mol. The van der Waals surface area contributed by atoms with Crippen molar-refractivity contribution < 1.29 is 9.53 Å². The smallest absolute Gasteiger partial charge is 0.408 e. The van der Waals surface area contributed by atoms with E-state index in [4.69, 9.17) is 9.72 Å². The largest absolute Gasteiger partial charge is 0.444 e. The summed E-state index contributed by atoms with van der Waals surface area (Å²) in [6, 6.07) is 1.78. The normalized spacial score (nSPS) is 15.5. The molecule has 1 aliphatic rings. The molecule has 1 atom stereocenters. The van der Waals surface area contributed by atoms with E-state index in [0.717, 1.165) is 28.7 Å². The second-order valence-corrected chi connectivity index (χ2v) is 7.74. The molecule has 1 amide bonds. The van der Waals surface area contributed by atoms with Crippen molar-refractivity contribution in [1.82, 2.24) is 10.3 Å². The summed E-state index contributed by atoms with van der Waals surface area (Å²) < 4.78 is 6.44. The van der Waals surface area contributed by atoms with Crippen molar-refractivity contribution in [3.63, 3.8) is 0 Å². The molecule has 0 bridgehead atoms. The molecule has 1 aromatic rings. The SMILES string of the molecule is C=CCC(NC(=O)OC(C)(C)C)c1cc(Br)c2c(n1)CCCC2. The topological polar surface area (TPSA) is 51.2 Å². The van der Waals surface area contributed by atoms with Crippen molar-refractivity contribution in [2.24, 2.45) is 0 Å². The van der Waals surface area contributed by atoms with Gasteiger partial charge in [0.25, 0.3) is 0 Å². The van der Waals surface area contributed by atoms with Crippen LogP contribution < -0.4 is 5.32 Å². The zero-order valence-corrected chi connectivity index (χ0v) is 15.7. The summed E-state index contributed by atoms with van der Waals surface area (Å²) in [7, 11) is 0. The van der Waals surface area contributed by atoms with Crippen LogP contribution in [0.5, 0.6) is 0 Å². The maximum absolute atomic E-state index is 12.1. The molecule has 1 aliphatic carbocycles. The molecule has 0 aromatic carbocycles. The maximum Gasteiger partial charge on any atom is 0.408 e. The number of pyridine rings is 1. The van der Waals surface area contributed by atoms with Crippen LogP contribution in [-0.2, 0) is 17.6 Å². The van der Waals surface area contributed by atoms with Gasteiger partial charge in [-0.2, -0.15) is 0 Å². The van der Waals surface area contributed by atoms with Gasteiger partial charge < -0.3 is 10.1 Å². The Bertz CT molecular complexity index is 593. The van der Waals surface area contributed by atoms with Crippen molar-refractivity contribution in [3.05, 3.63) is 40.1 Å². The summed E-state index contributed by atoms with van der Waals surface area (Å²) in [6.07, 6.45) is 6.40. The van der Waals surface area contributed by atoms with Crippen LogP contribution in [0.3, 0.4) is 0 Å². The first-order chi connectivity index (χ1) is 10.8. The number of amides is 1. The molecule has 1 aromatic heterocycles. The number of carbonyl (C=O) groups excluding carboxylic acids is 1. The highest BCUT2D eigenvalue weighted by atomic mass is 79.9. The number of hydrogen-bond donors (Lipinski definition) is 1. The Kier molecular flexibility index (Phi) is 5.84. The number of halogens is 1. The third kappa shape index (κ3) is 5.06. The van der Waals surface area contributed by atoms with Crippen molar-refractivity contribution in [2.75, 3.05) is 0 Å². The highest BCUT2D eigenvalue weighted by Gasteiger charge is 2.23. The minimum absolute atomic E-state index is 0.231. The number of carbonyl (C=O) groups is 1. The van der Waals surface area contributed by atoms with Gasteiger partial charge >= 0.3 is 6.09 Å². The number of aromatic nitrogens is 1. The zero-order valence-electron chi connectivity index (χ0n) is 14.1. The quantitative estimate of drug-likeness (QED) is 0.758. The molecule has 0 aliphatic heterocycles. The molecule has 0 saturated carbocycles. The van der Waals surface area contributed by atoms with Crippen LogP contribution in [0.4, 0.5) is 4.79 Å². The third-order valence-corrected chi connectivity index (χ3v) is 4.42. The zero-order chi connectivity index (χ0) is 17.0. The Morgan fingerprint density at radius 3 is 2.83 bits per heavy atom. The number of fused-ring (bicyclic) bond motifs is 1. The Labute approximate surface area is 146 Å². The number of nitrogens with one attached hydrogen (secondary N) is 1. The number of nitrogens with zero attached hydrogens (tertiary/aromatic N) is 1. The second-order valence-electron chi connectivity index (χ2n) is 6.88. The van der Waals surface area contributed by atoms with E-state index in [1.165, 1.54) is 18.4 Å². The van der Waals surface area contributed by atoms with E-state index in [1.807, 2.05) is 26.8 Å². The minimum Gasteiger partial charge on any atom is -0.444 e. The van der Waals surface area contributed by atoms with Gasteiger partial charge in [0.2, 0.25) is 0 Å². The standard InChI is InChI=1S/C18H25BrN2O2/c1-5-8-15(21-17(22)23-18(2,3)4)16-11-13(19)12-9-6-7-10-14(12)20-16/h5,11,15H,1,6-10H2,2-4H3,(H,21,22). The van der Waals surface area contributed by atoms with Crippen LogP contribution in [-0.4, -0.2) is 16.7 Å². The summed E-state index contributed by atoms with van der Waals surface area (Å²) in [5.74, 6) is 0. The van der Waals surface area contributed by atoms with E-state index < -0.39 is 11.7 Å². The van der Waals surface area contributed by atoms with Gasteiger partial charge in [-0.15, -0.1) is 6.58 Å². The molecule has 1 unspecified atom stereocenters. The van der Waals surface area contributed by atoms with Gasteiger partial charge in [0.05, 0.1) is 11.7 Å². The molecule has 1 N–H and O–H groups in total. The summed E-state index contributed by atoms with van der Waals surface area (Å²) >= 11 is 3.66. The molecule has 23 heavy (non-hydrogen) atoms. The number of hydrogen-bond acceptors (Lipinski definition) is 3. The van der Waals surface area contributed by atoms with E-state index in [9.17, 15) is 4.79 Å². The maximum atomic E-state index is 12.1. The fourth-order valence-electron chi connectivity index (χ4n) is 2.72. The van der Waals surface area contributed by atoms with Crippen LogP contribution in [0.25, 0.3) is 0 Å². The molecule has 0 fully saturated rings. The molecule has 0 radical (unpaired) electrons. The van der Waals surface area contributed by atoms with Gasteiger partial charge in [-0.3, -0.25) is 4.98 Å². The lowest BCUT2D eigenvalue weighted by Crippen LogP contribution is -2.35. The van der Waals surface area contributed by atoms with Crippen LogP contribution in [0.1, 0.15) is 63.0 Å². The molecular formula is C18H25BrN2O2. The lowest BCUT2D eigenvalue weighted by atomic mass is 9.95. The minimum atomic E-state index is -0.521. The number of ether oxygens (including phenoxy) is 1. The first kappa shape index (κ1) is 18.0. The van der Waals surface area contributed by atoms with Gasteiger partial charge in [-0.1, -0.05) is 22.0 Å². The lowest BCUT2D eigenvalue weighted by Gasteiger charge is -2.24. The first-order valence-corrected chi connectivity index (χ1v) is 8.88. The summed E-state index contributed by atoms with van der Waals surface area (Å²) in [5.41, 5.74) is 2.77. The van der Waals surface area contributed by atoms with E-state index in [0.29, 0.717) is 6.42 Å². The third-order valence-electron chi connectivity index (χ3n) is 3.72. The van der Waals surface area contributed by atoms with Crippen molar-refractivity contribution in [2.45, 2.75) is 64.5 Å². The van der Waals surface area contributed by atoms with Gasteiger partial charge in [-0.05, 0) is 64.5 Å². The molecule has 5 heteroatoms. The van der Waals surface area contributed by atoms with Gasteiger partial charge in [0.1, 0.15) is 5.60 Å². The molecule has 4 nitrogen and oxygen atoms in total. The monoisotopic (exact) mass is 380 g/mol. The van der Waals surface area contributed by atoms with Crippen LogP contribution >= 0.6 is 15.9 Å². The van der Waals surface area contributed by atoms with Crippen molar-refractivity contribution in [3.8, 4) is 0 Å². The van der Waals surface area contributed by atoms with E-state index in [1.54, 1.807) is 6.08 Å². The summed E-state index contributed by atoms with van der Waals surface area (Å²) in [4.78, 5) is 16.9. The molecule has 0 saturated heterocycles. The highest BCUT2D eigenvalue weighted by molar-refractivity contribution is 9.10. The number of alkyl carbamates (subject to hydrolysis) is 1. The molecule has 126 valence electrons. The van der Waals surface area contributed by atoms with E-state index in [2.05, 4.69) is 27.8 Å². The fraction of sp³-hybridized carbons (Fsp3) is 0.556. The van der Waals surface area contributed by atoms with Crippen LogP contribution in [0.2, 0.25) is 0 Å². The molecular weight excluding hydrogens is 356 g/mol. The average molecular weight is 381 g/mol. The van der Waals surface area contributed by atoms with Gasteiger partial charge in [0.15, 0.2) is 0 Å². The van der Waals surface area contributed by atoms with Crippen LogP contribution in [0.15, 0.2) is 23.2 Å². The Balaban J connectivity index is 2.22. The molecule has 0 spiro atoms. The van der Waals surface area contributed by atoms with Crippen LogP contribution in [0, 0.1) is 0 Å². The predicted octanol–water partition coefficient (Wildman–Crippen LogP) is 4.86. The molecule has 2 rings (SSSR count). The Hall–Kier alpha value is -1.36. The first-order valence-electron chi connectivity index (χ1n) is 8.09. The lowest BCUT2D eigenvalue weighted by molar-refractivity contribution is 0.0503. The summed E-state index contributed by atoms with van der Waals surface area (Å²) in [6.45, 7) is 9.34. The Morgan fingerprint density at radius 1 is 1.48 bits per heavy atom. The molecule has 1 heterocycles. The highest BCUT2D eigenvalue weighted by Crippen LogP contribution is 2.30. The summed E-state index contributed by atoms with van der Waals surface area (Å²) in [5, 5.41) is 2.91. The van der Waals surface area contributed by atoms with E-state index >= 15 is 0 Å². The fourth-order valence-corrected chi connectivity index (χ4v) is 3.39. The van der Waals surface area contributed by atoms with Gasteiger partial charge in [-0.25, -0.2) is 4.79 Å².